The quantitative estimate of drug-likeness (QED) is 0.345. The molecule has 0 saturated carbocycles. The summed E-state index contributed by atoms with van der Waals surface area (Å²) in [5.74, 6) is 6.78. The van der Waals surface area contributed by atoms with Crippen LogP contribution in [0.25, 0.3) is 21.5 Å². The first kappa shape index (κ1) is 17.4. The Kier molecular flexibility index (Phi) is 4.71. The lowest BCUT2D eigenvalue weighted by Gasteiger charge is -2.19. The largest absolute Gasteiger partial charge is 0.396 e. The molecule has 0 radical (unpaired) electrons. The highest BCUT2D eigenvalue weighted by atomic mass is 32.1. The predicted molar refractivity (Wildman–Crippen MR) is 107 cm³/mol. The molecule has 0 unspecified atom stereocenters. The molecule has 4 aromatic rings. The van der Waals surface area contributed by atoms with Crippen LogP contribution in [0.4, 0.5) is 11.5 Å². The Morgan fingerprint density at radius 3 is 2.96 bits per heavy atom. The fraction of sp³-hybridized carbons (Fsp3) is 0.167. The van der Waals surface area contributed by atoms with Crippen LogP contribution >= 0.6 is 11.3 Å². The first-order valence-corrected chi connectivity index (χ1v) is 9.21. The molecule has 0 bridgehead atoms. The van der Waals surface area contributed by atoms with E-state index in [-0.39, 0.29) is 6.61 Å². The standard InChI is InChI=1S/C18H19N7OS/c19-14-3-4-15(12-9-22-24(10-12)6-7-26)23-18(14)25(20)11-13-8-16-17(27-13)2-1-5-21-16/h1-5,8-10,26H,6-7,11,19-20H2. The van der Waals surface area contributed by atoms with Crippen molar-refractivity contribution in [3.63, 3.8) is 0 Å². The zero-order valence-electron chi connectivity index (χ0n) is 14.5. The monoisotopic (exact) mass is 381 g/mol. The average Bonchev–Trinajstić information content (AvgIpc) is 3.28. The Hall–Kier alpha value is -3.01. The normalized spacial score (nSPS) is 11.2. The van der Waals surface area contributed by atoms with E-state index in [1.54, 1.807) is 39.5 Å². The van der Waals surface area contributed by atoms with Gasteiger partial charge in [-0.2, -0.15) is 5.10 Å². The zero-order valence-corrected chi connectivity index (χ0v) is 15.3. The number of pyridine rings is 2. The molecule has 27 heavy (non-hydrogen) atoms. The molecule has 0 aliphatic heterocycles. The minimum absolute atomic E-state index is 0.0299. The van der Waals surface area contributed by atoms with E-state index in [4.69, 9.17) is 16.7 Å². The van der Waals surface area contributed by atoms with E-state index in [2.05, 4.69) is 15.1 Å². The molecule has 9 heteroatoms. The Bertz CT molecular complexity index is 1040. The fourth-order valence-electron chi connectivity index (χ4n) is 2.81. The van der Waals surface area contributed by atoms with Gasteiger partial charge in [-0.25, -0.2) is 10.8 Å². The number of thiophene rings is 1. The number of rotatable bonds is 6. The van der Waals surface area contributed by atoms with Crippen LogP contribution < -0.4 is 16.6 Å². The average molecular weight is 381 g/mol. The molecule has 8 nitrogen and oxygen atoms in total. The number of anilines is 2. The van der Waals surface area contributed by atoms with E-state index >= 15 is 0 Å². The topological polar surface area (TPSA) is 119 Å². The van der Waals surface area contributed by atoms with Crippen molar-refractivity contribution in [2.75, 3.05) is 17.3 Å². The summed E-state index contributed by atoms with van der Waals surface area (Å²) in [4.78, 5) is 10.0. The van der Waals surface area contributed by atoms with Crippen LogP contribution in [0.2, 0.25) is 0 Å². The van der Waals surface area contributed by atoms with Crippen molar-refractivity contribution in [3.8, 4) is 11.3 Å². The van der Waals surface area contributed by atoms with E-state index in [9.17, 15) is 0 Å². The van der Waals surface area contributed by atoms with Gasteiger partial charge in [0.15, 0.2) is 5.82 Å². The van der Waals surface area contributed by atoms with Crippen molar-refractivity contribution in [1.82, 2.24) is 19.7 Å². The van der Waals surface area contributed by atoms with Crippen LogP contribution in [0.5, 0.6) is 0 Å². The Morgan fingerprint density at radius 2 is 2.15 bits per heavy atom. The van der Waals surface area contributed by atoms with Crippen molar-refractivity contribution in [1.29, 1.82) is 0 Å². The number of nitrogens with two attached hydrogens (primary N) is 2. The lowest BCUT2D eigenvalue weighted by atomic mass is 10.2. The first-order valence-electron chi connectivity index (χ1n) is 8.40. The third kappa shape index (κ3) is 3.61. The molecule has 0 atom stereocenters. The Labute approximate surface area is 159 Å². The van der Waals surface area contributed by atoms with Gasteiger partial charge in [-0.3, -0.25) is 14.7 Å². The van der Waals surface area contributed by atoms with Gasteiger partial charge in [-0.05, 0) is 30.3 Å². The molecular weight excluding hydrogens is 362 g/mol. The van der Waals surface area contributed by atoms with Crippen molar-refractivity contribution >= 4 is 33.1 Å². The third-order valence-corrected chi connectivity index (χ3v) is 5.17. The van der Waals surface area contributed by atoms with E-state index in [0.717, 1.165) is 26.4 Å². The molecule has 0 saturated heterocycles. The SMILES string of the molecule is Nc1ccc(-c2cnn(CCO)c2)nc1N(N)Cc1cc2ncccc2s1. The predicted octanol–water partition coefficient (Wildman–Crippen LogP) is 2.01. The van der Waals surface area contributed by atoms with E-state index < -0.39 is 0 Å². The van der Waals surface area contributed by atoms with Crippen LogP contribution in [0.15, 0.2) is 48.9 Å². The molecule has 0 amide bonds. The Morgan fingerprint density at radius 1 is 1.26 bits per heavy atom. The molecule has 0 aliphatic rings. The molecule has 4 heterocycles. The maximum atomic E-state index is 9.03. The number of aromatic nitrogens is 4. The highest BCUT2D eigenvalue weighted by Crippen LogP contribution is 2.28. The summed E-state index contributed by atoms with van der Waals surface area (Å²) in [6.07, 6.45) is 5.31. The van der Waals surface area contributed by atoms with E-state index in [1.807, 2.05) is 30.5 Å². The minimum Gasteiger partial charge on any atom is -0.396 e. The maximum Gasteiger partial charge on any atom is 0.166 e. The molecule has 5 N–H and O–H groups in total. The highest BCUT2D eigenvalue weighted by molar-refractivity contribution is 7.19. The van der Waals surface area contributed by atoms with Gasteiger partial charge in [0, 0.05) is 22.8 Å². The van der Waals surface area contributed by atoms with E-state index in [1.165, 1.54) is 0 Å². The number of aliphatic hydroxyl groups excluding tert-OH is 1. The van der Waals surface area contributed by atoms with Gasteiger partial charge in [0.05, 0.1) is 47.5 Å². The summed E-state index contributed by atoms with van der Waals surface area (Å²) in [6.45, 7) is 0.943. The second kappa shape index (κ2) is 7.31. The first-order chi connectivity index (χ1) is 13.1. The molecule has 0 aliphatic carbocycles. The molecule has 4 rings (SSSR count). The van der Waals surface area contributed by atoms with Gasteiger partial charge in [-0.15, -0.1) is 11.3 Å². The van der Waals surface area contributed by atoms with Crippen LogP contribution in [0, 0.1) is 0 Å². The van der Waals surface area contributed by atoms with Crippen LogP contribution in [0.3, 0.4) is 0 Å². The van der Waals surface area contributed by atoms with Crippen molar-refractivity contribution < 1.29 is 5.11 Å². The van der Waals surface area contributed by atoms with Gasteiger partial charge < -0.3 is 10.8 Å². The number of hydrogen-bond donors (Lipinski definition) is 3. The minimum atomic E-state index is 0.0299. The lowest BCUT2D eigenvalue weighted by Crippen LogP contribution is -2.31. The molecule has 4 aromatic heterocycles. The molecule has 138 valence electrons. The van der Waals surface area contributed by atoms with Crippen LogP contribution in [-0.4, -0.2) is 31.5 Å². The summed E-state index contributed by atoms with van der Waals surface area (Å²) in [5, 5.41) is 14.8. The smallest absolute Gasteiger partial charge is 0.166 e. The summed E-state index contributed by atoms with van der Waals surface area (Å²) >= 11 is 1.65. The lowest BCUT2D eigenvalue weighted by molar-refractivity contribution is 0.269. The van der Waals surface area contributed by atoms with Gasteiger partial charge in [0.2, 0.25) is 0 Å². The molecule has 0 fully saturated rings. The van der Waals surface area contributed by atoms with Gasteiger partial charge in [-0.1, -0.05) is 0 Å². The number of hydrogen-bond acceptors (Lipinski definition) is 8. The maximum absolute atomic E-state index is 9.03. The summed E-state index contributed by atoms with van der Waals surface area (Å²) in [6, 6.07) is 9.60. The second-order valence-corrected chi connectivity index (χ2v) is 7.22. The molecular formula is C18H19N7OS. The summed E-state index contributed by atoms with van der Waals surface area (Å²) in [7, 11) is 0. The van der Waals surface area contributed by atoms with Gasteiger partial charge in [0.25, 0.3) is 0 Å². The second-order valence-electron chi connectivity index (χ2n) is 6.05. The van der Waals surface area contributed by atoms with Crippen molar-refractivity contribution in [2.24, 2.45) is 5.84 Å². The number of nitrogens with zero attached hydrogens (tertiary/aromatic N) is 5. The fourth-order valence-corrected chi connectivity index (χ4v) is 3.83. The van der Waals surface area contributed by atoms with Crippen molar-refractivity contribution in [3.05, 3.63) is 53.8 Å². The summed E-state index contributed by atoms with van der Waals surface area (Å²) in [5.41, 5.74) is 9.12. The molecule has 0 aromatic carbocycles. The summed E-state index contributed by atoms with van der Waals surface area (Å²) < 4.78 is 2.78. The molecule has 0 spiro atoms. The zero-order chi connectivity index (χ0) is 18.8. The van der Waals surface area contributed by atoms with Crippen LogP contribution in [0.1, 0.15) is 4.88 Å². The van der Waals surface area contributed by atoms with Gasteiger partial charge in [0.1, 0.15) is 0 Å². The highest BCUT2D eigenvalue weighted by Gasteiger charge is 2.13. The number of nitrogen functional groups attached to an aromatic ring is 1. The van der Waals surface area contributed by atoms with Crippen LogP contribution in [-0.2, 0) is 13.1 Å². The number of hydrazine groups is 1. The van der Waals surface area contributed by atoms with E-state index in [0.29, 0.717) is 24.6 Å². The van der Waals surface area contributed by atoms with Gasteiger partial charge >= 0.3 is 0 Å². The van der Waals surface area contributed by atoms with Crippen molar-refractivity contribution in [2.45, 2.75) is 13.1 Å². The Balaban J connectivity index is 1.59. The number of fused-ring (bicyclic) bond motifs is 1. The third-order valence-electron chi connectivity index (χ3n) is 4.10. The number of aliphatic hydroxyl groups is 1.